The molecule has 142 valence electrons. The molecule has 0 fully saturated rings. The van der Waals surface area contributed by atoms with Gasteiger partial charge in [-0.3, -0.25) is 0 Å². The van der Waals surface area contributed by atoms with E-state index in [1.807, 2.05) is 26.0 Å². The molecule has 0 aromatic heterocycles. The maximum absolute atomic E-state index is 12.6. The number of sulfonamides is 1. The maximum Gasteiger partial charge on any atom is 0.243 e. The Bertz CT molecular complexity index is 826. The van der Waals surface area contributed by atoms with Gasteiger partial charge in [-0.05, 0) is 49.6 Å². The number of hydrogen-bond acceptors (Lipinski definition) is 3. The minimum absolute atomic E-state index is 0.140. The van der Waals surface area contributed by atoms with Gasteiger partial charge in [0.05, 0.1) is 4.90 Å². The van der Waals surface area contributed by atoms with Crippen molar-refractivity contribution in [1.82, 2.24) is 9.62 Å². The van der Waals surface area contributed by atoms with E-state index < -0.39 is 10.0 Å². The molecule has 2 rings (SSSR count). The van der Waals surface area contributed by atoms with Crippen molar-refractivity contribution >= 4 is 10.0 Å². The summed E-state index contributed by atoms with van der Waals surface area (Å²) in [6, 6.07) is 13.8. The van der Waals surface area contributed by atoms with Crippen molar-refractivity contribution < 1.29 is 8.42 Å². The number of rotatable bonds is 8. The van der Waals surface area contributed by atoms with Gasteiger partial charge in [0.25, 0.3) is 0 Å². The van der Waals surface area contributed by atoms with Gasteiger partial charge in [-0.25, -0.2) is 8.42 Å². The standard InChI is InChI=1S/C21H30N2O2S/c1-6-23(7-2)26(24,25)21-12-10-19(11-13-21)18(5)22-15-20-9-8-16(3)14-17(20)4/h8-14,18,22H,6-7,15H2,1-5H3/t18-/m1/s1. The SMILES string of the molecule is CCN(CC)S(=O)(=O)c1ccc([C@@H](C)NCc2ccc(C)cc2C)cc1. The molecular formula is C21H30N2O2S. The van der Waals surface area contributed by atoms with E-state index in [0.29, 0.717) is 18.0 Å². The van der Waals surface area contributed by atoms with Crippen molar-refractivity contribution in [3.8, 4) is 0 Å². The zero-order valence-corrected chi connectivity index (χ0v) is 17.2. The zero-order chi connectivity index (χ0) is 19.3. The fraction of sp³-hybridized carbons (Fsp3) is 0.429. The molecule has 0 saturated heterocycles. The van der Waals surface area contributed by atoms with Crippen molar-refractivity contribution in [2.75, 3.05) is 13.1 Å². The quantitative estimate of drug-likeness (QED) is 0.754. The van der Waals surface area contributed by atoms with Crippen molar-refractivity contribution in [2.45, 2.75) is 52.1 Å². The summed E-state index contributed by atoms with van der Waals surface area (Å²) in [6.07, 6.45) is 0. The van der Waals surface area contributed by atoms with Crippen molar-refractivity contribution in [3.05, 3.63) is 64.7 Å². The Morgan fingerprint density at radius 2 is 1.62 bits per heavy atom. The molecular weight excluding hydrogens is 344 g/mol. The van der Waals surface area contributed by atoms with E-state index in [1.54, 1.807) is 12.1 Å². The van der Waals surface area contributed by atoms with Gasteiger partial charge in [0.15, 0.2) is 0 Å². The Kier molecular flexibility index (Phi) is 6.98. The average molecular weight is 375 g/mol. The molecule has 4 nitrogen and oxygen atoms in total. The number of aryl methyl sites for hydroxylation is 2. The summed E-state index contributed by atoms with van der Waals surface area (Å²) >= 11 is 0. The van der Waals surface area contributed by atoms with Crippen LogP contribution in [0.3, 0.4) is 0 Å². The first kappa shape index (κ1) is 20.6. The van der Waals surface area contributed by atoms with Gasteiger partial charge >= 0.3 is 0 Å². The van der Waals surface area contributed by atoms with Crippen LogP contribution < -0.4 is 5.32 Å². The molecule has 0 aliphatic carbocycles. The lowest BCUT2D eigenvalue weighted by atomic mass is 10.0. The summed E-state index contributed by atoms with van der Waals surface area (Å²) in [7, 11) is -3.40. The molecule has 2 aromatic rings. The summed E-state index contributed by atoms with van der Waals surface area (Å²) in [4.78, 5) is 0.353. The molecule has 0 heterocycles. The third-order valence-electron chi connectivity index (χ3n) is 4.82. The minimum atomic E-state index is -3.40. The summed E-state index contributed by atoms with van der Waals surface area (Å²) in [6.45, 7) is 11.8. The number of benzene rings is 2. The van der Waals surface area contributed by atoms with Crippen LogP contribution in [0.2, 0.25) is 0 Å². The molecule has 0 saturated carbocycles. The number of nitrogens with zero attached hydrogens (tertiary/aromatic N) is 1. The summed E-state index contributed by atoms with van der Waals surface area (Å²) < 4.78 is 26.6. The summed E-state index contributed by atoms with van der Waals surface area (Å²) in [5, 5.41) is 3.52. The van der Waals surface area contributed by atoms with E-state index in [2.05, 4.69) is 44.3 Å². The molecule has 0 radical (unpaired) electrons. The second-order valence-corrected chi connectivity index (χ2v) is 8.63. The number of nitrogens with one attached hydrogen (secondary N) is 1. The van der Waals surface area contributed by atoms with E-state index in [1.165, 1.54) is 21.0 Å². The van der Waals surface area contributed by atoms with Crippen LogP contribution in [0.1, 0.15) is 49.1 Å². The fourth-order valence-corrected chi connectivity index (χ4v) is 4.52. The molecule has 5 heteroatoms. The average Bonchev–Trinajstić information content (AvgIpc) is 2.61. The lowest BCUT2D eigenvalue weighted by Gasteiger charge is -2.19. The van der Waals surface area contributed by atoms with Gasteiger partial charge in [-0.15, -0.1) is 0 Å². The molecule has 0 amide bonds. The molecule has 0 aliphatic heterocycles. The van der Waals surface area contributed by atoms with Crippen LogP contribution in [0.25, 0.3) is 0 Å². The predicted molar refractivity (Wildman–Crippen MR) is 108 cm³/mol. The number of hydrogen-bond donors (Lipinski definition) is 1. The van der Waals surface area contributed by atoms with Gasteiger partial charge in [0.1, 0.15) is 0 Å². The highest BCUT2D eigenvalue weighted by atomic mass is 32.2. The van der Waals surface area contributed by atoms with Crippen LogP contribution in [0.4, 0.5) is 0 Å². The van der Waals surface area contributed by atoms with E-state index in [4.69, 9.17) is 0 Å². The lowest BCUT2D eigenvalue weighted by Crippen LogP contribution is -2.30. The minimum Gasteiger partial charge on any atom is -0.306 e. The van der Waals surface area contributed by atoms with E-state index >= 15 is 0 Å². The first-order valence-electron chi connectivity index (χ1n) is 9.19. The highest BCUT2D eigenvalue weighted by molar-refractivity contribution is 7.89. The van der Waals surface area contributed by atoms with Gasteiger partial charge in [0, 0.05) is 25.7 Å². The molecule has 0 spiro atoms. The maximum atomic E-state index is 12.6. The molecule has 1 atom stereocenters. The largest absolute Gasteiger partial charge is 0.306 e. The van der Waals surface area contributed by atoms with Crippen LogP contribution in [0, 0.1) is 13.8 Å². The summed E-state index contributed by atoms with van der Waals surface area (Å²) in [5.41, 5.74) is 4.91. The third-order valence-corrected chi connectivity index (χ3v) is 6.88. The second kappa shape index (κ2) is 8.80. The van der Waals surface area contributed by atoms with Crippen LogP contribution in [0.15, 0.2) is 47.4 Å². The highest BCUT2D eigenvalue weighted by Crippen LogP contribution is 2.20. The Morgan fingerprint density at radius 1 is 1.00 bits per heavy atom. The van der Waals surface area contributed by atoms with Gasteiger partial charge in [0.2, 0.25) is 10.0 Å². The Hall–Kier alpha value is -1.69. The second-order valence-electron chi connectivity index (χ2n) is 6.69. The Labute approximate surface area is 158 Å². The van der Waals surface area contributed by atoms with Crippen LogP contribution >= 0.6 is 0 Å². The van der Waals surface area contributed by atoms with Crippen molar-refractivity contribution in [3.63, 3.8) is 0 Å². The van der Waals surface area contributed by atoms with Gasteiger partial charge < -0.3 is 5.32 Å². The van der Waals surface area contributed by atoms with Crippen molar-refractivity contribution in [1.29, 1.82) is 0 Å². The van der Waals surface area contributed by atoms with Crippen LogP contribution in [-0.2, 0) is 16.6 Å². The summed E-state index contributed by atoms with van der Waals surface area (Å²) in [5.74, 6) is 0. The molecule has 26 heavy (non-hydrogen) atoms. The zero-order valence-electron chi connectivity index (χ0n) is 16.4. The van der Waals surface area contributed by atoms with Gasteiger partial charge in [-0.1, -0.05) is 49.7 Å². The first-order chi connectivity index (χ1) is 12.3. The molecule has 0 aliphatic rings. The molecule has 2 aromatic carbocycles. The van der Waals surface area contributed by atoms with Crippen LogP contribution in [0.5, 0.6) is 0 Å². The highest BCUT2D eigenvalue weighted by Gasteiger charge is 2.21. The van der Waals surface area contributed by atoms with E-state index in [-0.39, 0.29) is 6.04 Å². The molecule has 0 bridgehead atoms. The smallest absolute Gasteiger partial charge is 0.243 e. The van der Waals surface area contributed by atoms with E-state index in [9.17, 15) is 8.42 Å². The van der Waals surface area contributed by atoms with Crippen LogP contribution in [-0.4, -0.2) is 25.8 Å². The predicted octanol–water partition coefficient (Wildman–Crippen LogP) is 4.18. The van der Waals surface area contributed by atoms with E-state index in [0.717, 1.165) is 12.1 Å². The molecule has 0 unspecified atom stereocenters. The Morgan fingerprint density at radius 3 is 2.15 bits per heavy atom. The topological polar surface area (TPSA) is 49.4 Å². The lowest BCUT2D eigenvalue weighted by molar-refractivity contribution is 0.445. The third kappa shape index (κ3) is 4.72. The first-order valence-corrected chi connectivity index (χ1v) is 10.6. The monoisotopic (exact) mass is 374 g/mol. The van der Waals surface area contributed by atoms with Crippen molar-refractivity contribution in [2.24, 2.45) is 0 Å². The van der Waals surface area contributed by atoms with Gasteiger partial charge in [-0.2, -0.15) is 4.31 Å². The normalized spacial score (nSPS) is 13.2. The fourth-order valence-electron chi connectivity index (χ4n) is 3.07. The Balaban J connectivity index is 2.07. The molecule has 1 N–H and O–H groups in total.